The summed E-state index contributed by atoms with van der Waals surface area (Å²) in [6, 6.07) is 12.9. The summed E-state index contributed by atoms with van der Waals surface area (Å²) < 4.78 is 1.78. The van der Waals surface area contributed by atoms with Gasteiger partial charge in [-0.1, -0.05) is 23.7 Å². The van der Waals surface area contributed by atoms with Gasteiger partial charge in [-0.15, -0.1) is 0 Å². The molecule has 6 nitrogen and oxygen atoms in total. The summed E-state index contributed by atoms with van der Waals surface area (Å²) in [4.78, 5) is 16.5. The molecule has 3 rings (SSSR count). The van der Waals surface area contributed by atoms with E-state index in [1.165, 1.54) is 6.92 Å². The third-order valence-corrected chi connectivity index (χ3v) is 5.09. The fourth-order valence-electron chi connectivity index (χ4n) is 3.40. The molecule has 0 aliphatic heterocycles. The van der Waals surface area contributed by atoms with Gasteiger partial charge in [-0.2, -0.15) is 10.5 Å². The maximum Gasteiger partial charge on any atom is 0.177 e. The number of nitriles is 2. The van der Waals surface area contributed by atoms with Crippen LogP contribution in [-0.4, -0.2) is 20.4 Å². The minimum absolute atomic E-state index is 0.225. The van der Waals surface area contributed by atoms with Crippen LogP contribution in [0.3, 0.4) is 0 Å². The first-order chi connectivity index (χ1) is 13.9. The predicted octanol–water partition coefficient (Wildman–Crippen LogP) is 4.00. The minimum atomic E-state index is -0.246. The molecule has 3 aromatic rings. The van der Waals surface area contributed by atoms with Gasteiger partial charge in [0.15, 0.2) is 5.78 Å². The standard InChI is InChI=1S/C22H17ClN4O2/c1-13-20(17-5-3-15(8-24)4-6-17)19(9-25)21(14(2)29)27(13)11-16-7-18(12-28)22(23)26-10-16/h3-7,10,28H,11-12H2,1-2H3. The second-order valence-electron chi connectivity index (χ2n) is 6.58. The Morgan fingerprint density at radius 2 is 1.93 bits per heavy atom. The normalized spacial score (nSPS) is 10.4. The molecule has 7 heteroatoms. The largest absolute Gasteiger partial charge is 0.392 e. The summed E-state index contributed by atoms with van der Waals surface area (Å²) in [5, 5.41) is 28.5. The van der Waals surface area contributed by atoms with Crippen molar-refractivity contribution < 1.29 is 9.90 Å². The highest BCUT2D eigenvalue weighted by molar-refractivity contribution is 6.30. The van der Waals surface area contributed by atoms with Gasteiger partial charge in [-0.3, -0.25) is 4.79 Å². The number of carbonyl (C=O) groups excluding carboxylic acids is 1. The summed E-state index contributed by atoms with van der Waals surface area (Å²) in [5.74, 6) is -0.228. The van der Waals surface area contributed by atoms with Crippen LogP contribution in [0.2, 0.25) is 5.15 Å². The number of hydrogen-bond donors (Lipinski definition) is 1. The van der Waals surface area contributed by atoms with Gasteiger partial charge in [0.25, 0.3) is 0 Å². The van der Waals surface area contributed by atoms with Crippen molar-refractivity contribution in [1.29, 1.82) is 10.5 Å². The Kier molecular flexibility index (Phi) is 5.79. The highest BCUT2D eigenvalue weighted by atomic mass is 35.5. The SMILES string of the molecule is CC(=O)c1c(C#N)c(-c2ccc(C#N)cc2)c(C)n1Cc1cnc(Cl)c(CO)c1. The molecule has 29 heavy (non-hydrogen) atoms. The first-order valence-corrected chi connectivity index (χ1v) is 9.17. The van der Waals surface area contributed by atoms with E-state index >= 15 is 0 Å². The first kappa shape index (κ1) is 20.3. The van der Waals surface area contributed by atoms with E-state index in [2.05, 4.69) is 17.1 Å². The third kappa shape index (κ3) is 3.77. The van der Waals surface area contributed by atoms with E-state index in [0.29, 0.717) is 34.5 Å². The monoisotopic (exact) mass is 404 g/mol. The number of aliphatic hydroxyl groups is 1. The Labute approximate surface area is 173 Å². The number of aliphatic hydroxyl groups excluding tert-OH is 1. The molecule has 0 radical (unpaired) electrons. The Morgan fingerprint density at radius 3 is 2.48 bits per heavy atom. The fourth-order valence-corrected chi connectivity index (χ4v) is 3.56. The molecule has 1 aromatic carbocycles. The molecule has 0 aliphatic carbocycles. The van der Waals surface area contributed by atoms with Gasteiger partial charge >= 0.3 is 0 Å². The minimum Gasteiger partial charge on any atom is -0.392 e. The molecule has 0 saturated carbocycles. The zero-order valence-electron chi connectivity index (χ0n) is 15.9. The molecule has 0 atom stereocenters. The number of benzene rings is 1. The summed E-state index contributed by atoms with van der Waals surface area (Å²) in [6.45, 7) is 3.32. The van der Waals surface area contributed by atoms with E-state index in [0.717, 1.165) is 16.8 Å². The number of Topliss-reactive ketones (excluding diaryl/α,β-unsaturated/α-hetero) is 1. The lowest BCUT2D eigenvalue weighted by molar-refractivity contribution is 0.100. The average molecular weight is 405 g/mol. The number of aromatic nitrogens is 2. The number of carbonyl (C=O) groups is 1. The van der Waals surface area contributed by atoms with Crippen LogP contribution < -0.4 is 0 Å². The second-order valence-corrected chi connectivity index (χ2v) is 6.94. The highest BCUT2D eigenvalue weighted by Gasteiger charge is 2.24. The van der Waals surface area contributed by atoms with E-state index in [1.807, 2.05) is 6.92 Å². The van der Waals surface area contributed by atoms with Gasteiger partial charge in [-0.05, 0) is 36.2 Å². The van der Waals surface area contributed by atoms with E-state index in [1.54, 1.807) is 41.1 Å². The van der Waals surface area contributed by atoms with Gasteiger partial charge < -0.3 is 9.67 Å². The first-order valence-electron chi connectivity index (χ1n) is 8.80. The lowest BCUT2D eigenvalue weighted by atomic mass is 9.99. The molecule has 0 saturated heterocycles. The predicted molar refractivity (Wildman–Crippen MR) is 108 cm³/mol. The molecule has 144 valence electrons. The molecule has 1 N–H and O–H groups in total. The van der Waals surface area contributed by atoms with E-state index in [9.17, 15) is 15.2 Å². The van der Waals surface area contributed by atoms with Gasteiger partial charge in [0.1, 0.15) is 16.9 Å². The van der Waals surface area contributed by atoms with Gasteiger partial charge in [0, 0.05) is 36.5 Å². The number of rotatable bonds is 5. The van der Waals surface area contributed by atoms with Crippen LogP contribution in [0.25, 0.3) is 11.1 Å². The lowest BCUT2D eigenvalue weighted by Gasteiger charge is -2.12. The van der Waals surface area contributed by atoms with Crippen molar-refractivity contribution in [3.05, 3.63) is 75.3 Å². The van der Waals surface area contributed by atoms with Gasteiger partial charge in [-0.25, -0.2) is 4.98 Å². The van der Waals surface area contributed by atoms with Crippen LogP contribution in [0.1, 0.15) is 45.4 Å². The van der Waals surface area contributed by atoms with Crippen LogP contribution >= 0.6 is 11.6 Å². The molecule has 2 aromatic heterocycles. The Morgan fingerprint density at radius 1 is 1.24 bits per heavy atom. The van der Waals surface area contributed by atoms with Gasteiger partial charge in [0.2, 0.25) is 0 Å². The molecule has 0 amide bonds. The van der Waals surface area contributed by atoms with Crippen LogP contribution in [0.15, 0.2) is 36.5 Å². The maximum atomic E-state index is 12.4. The van der Waals surface area contributed by atoms with Crippen molar-refractivity contribution in [3.63, 3.8) is 0 Å². The van der Waals surface area contributed by atoms with Crippen LogP contribution in [-0.2, 0) is 13.2 Å². The smallest absolute Gasteiger partial charge is 0.177 e. The average Bonchev–Trinajstić information content (AvgIpc) is 3.01. The molecule has 0 unspecified atom stereocenters. The topological polar surface area (TPSA) is 103 Å². The lowest BCUT2D eigenvalue weighted by Crippen LogP contribution is -2.11. The number of ketones is 1. The van der Waals surface area contributed by atoms with E-state index < -0.39 is 0 Å². The van der Waals surface area contributed by atoms with Crippen molar-refractivity contribution in [2.45, 2.75) is 27.0 Å². The second kappa shape index (κ2) is 8.28. The van der Waals surface area contributed by atoms with Gasteiger partial charge in [0.05, 0.1) is 23.8 Å². The van der Waals surface area contributed by atoms with Crippen molar-refractivity contribution >= 4 is 17.4 Å². The summed E-state index contributed by atoms with van der Waals surface area (Å²) in [7, 11) is 0. The Balaban J connectivity index is 2.19. The molecule has 2 heterocycles. The summed E-state index contributed by atoms with van der Waals surface area (Å²) >= 11 is 5.97. The molecule has 0 fully saturated rings. The molecule has 0 bridgehead atoms. The Bertz CT molecular complexity index is 1180. The van der Waals surface area contributed by atoms with Crippen molar-refractivity contribution in [2.75, 3.05) is 0 Å². The van der Waals surface area contributed by atoms with E-state index in [-0.39, 0.29) is 17.5 Å². The molecule has 0 spiro atoms. The number of nitrogens with zero attached hydrogens (tertiary/aromatic N) is 4. The van der Waals surface area contributed by atoms with Crippen LogP contribution in [0.5, 0.6) is 0 Å². The number of hydrogen-bond acceptors (Lipinski definition) is 5. The quantitative estimate of drug-likeness (QED) is 0.511. The zero-order chi connectivity index (χ0) is 21.1. The van der Waals surface area contributed by atoms with Crippen molar-refractivity contribution in [3.8, 4) is 23.3 Å². The van der Waals surface area contributed by atoms with Crippen molar-refractivity contribution in [2.24, 2.45) is 0 Å². The third-order valence-electron chi connectivity index (χ3n) is 4.75. The number of pyridine rings is 1. The van der Waals surface area contributed by atoms with Crippen molar-refractivity contribution in [1.82, 2.24) is 9.55 Å². The highest BCUT2D eigenvalue weighted by Crippen LogP contribution is 2.33. The zero-order valence-corrected chi connectivity index (χ0v) is 16.7. The van der Waals surface area contributed by atoms with Crippen LogP contribution in [0, 0.1) is 29.6 Å². The number of halogens is 1. The molecular weight excluding hydrogens is 388 g/mol. The fraction of sp³-hybridized carbons (Fsp3) is 0.182. The summed E-state index contributed by atoms with van der Waals surface area (Å²) in [5.41, 5.74) is 4.52. The summed E-state index contributed by atoms with van der Waals surface area (Å²) in [6.07, 6.45) is 1.58. The Hall–Kier alpha value is -3.45. The molecular formula is C22H17ClN4O2. The van der Waals surface area contributed by atoms with E-state index in [4.69, 9.17) is 16.9 Å². The van der Waals surface area contributed by atoms with Crippen LogP contribution in [0.4, 0.5) is 0 Å². The molecule has 0 aliphatic rings. The maximum absolute atomic E-state index is 12.4.